The largest absolute Gasteiger partial charge is 0.366 e. The lowest BCUT2D eigenvalue weighted by Crippen LogP contribution is -2.52. The van der Waals surface area contributed by atoms with Crippen LogP contribution in [0.5, 0.6) is 0 Å². The van der Waals surface area contributed by atoms with Gasteiger partial charge in [0.2, 0.25) is 0 Å². The van der Waals surface area contributed by atoms with Crippen molar-refractivity contribution in [2.75, 3.05) is 31.1 Å². The molecule has 0 radical (unpaired) electrons. The second-order valence-corrected chi connectivity index (χ2v) is 6.25. The maximum atomic E-state index is 13.9. The molecule has 7 heteroatoms. The van der Waals surface area contributed by atoms with Crippen LogP contribution in [-0.2, 0) is 0 Å². The Morgan fingerprint density at radius 3 is 2.27 bits per heavy atom. The van der Waals surface area contributed by atoms with Gasteiger partial charge in [-0.2, -0.15) is 0 Å². The average Bonchev–Trinajstić information content (AvgIpc) is 2.67. The molecule has 0 bridgehead atoms. The molecule has 138 valence electrons. The first-order valence-electron chi connectivity index (χ1n) is 8.46. The highest BCUT2D eigenvalue weighted by molar-refractivity contribution is 5.75. The Bertz CT molecular complexity index is 777. The first-order chi connectivity index (χ1) is 12.5. The van der Waals surface area contributed by atoms with Crippen LogP contribution in [-0.4, -0.2) is 37.1 Å². The second-order valence-electron chi connectivity index (χ2n) is 6.25. The summed E-state index contributed by atoms with van der Waals surface area (Å²) in [5, 5.41) is 2.93. The van der Waals surface area contributed by atoms with Crippen LogP contribution in [0.1, 0.15) is 18.5 Å². The third-order valence-corrected chi connectivity index (χ3v) is 4.56. The minimum Gasteiger partial charge on any atom is -0.366 e. The first kappa shape index (κ1) is 18.1. The number of amides is 2. The quantitative estimate of drug-likeness (QED) is 0.844. The van der Waals surface area contributed by atoms with Gasteiger partial charge in [-0.3, -0.25) is 0 Å². The zero-order valence-electron chi connectivity index (χ0n) is 14.4. The molecule has 1 heterocycles. The van der Waals surface area contributed by atoms with Crippen LogP contribution < -0.4 is 10.2 Å². The minimum absolute atomic E-state index is 0.0154. The fraction of sp³-hybridized carbons (Fsp3) is 0.316. The number of halogens is 3. The summed E-state index contributed by atoms with van der Waals surface area (Å²) in [7, 11) is 0. The fourth-order valence-corrected chi connectivity index (χ4v) is 3.01. The molecule has 2 aromatic rings. The standard InChI is InChI=1S/C19H20F3N3O/c1-13(14-5-3-2-4-6-14)23-19(26)25-11-9-24(10-12-25)16-8-7-15(20)17(21)18(16)22/h2-8,13H,9-12H2,1H3,(H,23,26). The summed E-state index contributed by atoms with van der Waals surface area (Å²) in [6.45, 7) is 3.32. The molecule has 0 aromatic heterocycles. The van der Waals surface area contributed by atoms with Crippen molar-refractivity contribution in [2.24, 2.45) is 0 Å². The number of piperazine rings is 1. The van der Waals surface area contributed by atoms with Crippen molar-refractivity contribution in [2.45, 2.75) is 13.0 Å². The van der Waals surface area contributed by atoms with Crippen LogP contribution in [0.25, 0.3) is 0 Å². The lowest BCUT2D eigenvalue weighted by atomic mass is 10.1. The van der Waals surface area contributed by atoms with Gasteiger partial charge in [0.25, 0.3) is 0 Å². The van der Waals surface area contributed by atoms with E-state index in [0.29, 0.717) is 26.2 Å². The molecular weight excluding hydrogens is 343 g/mol. The monoisotopic (exact) mass is 363 g/mol. The molecule has 0 aliphatic carbocycles. The Kier molecular flexibility index (Phi) is 5.35. The van der Waals surface area contributed by atoms with Gasteiger partial charge < -0.3 is 15.1 Å². The van der Waals surface area contributed by atoms with Crippen LogP contribution in [0.3, 0.4) is 0 Å². The van der Waals surface area contributed by atoms with E-state index in [9.17, 15) is 18.0 Å². The van der Waals surface area contributed by atoms with Gasteiger partial charge in [-0.25, -0.2) is 18.0 Å². The van der Waals surface area contributed by atoms with Crippen LogP contribution in [0.15, 0.2) is 42.5 Å². The zero-order valence-corrected chi connectivity index (χ0v) is 14.4. The number of carbonyl (C=O) groups excluding carboxylic acids is 1. The predicted octanol–water partition coefficient (Wildman–Crippen LogP) is 3.70. The van der Waals surface area contributed by atoms with Gasteiger partial charge in [-0.05, 0) is 24.6 Å². The van der Waals surface area contributed by atoms with E-state index in [2.05, 4.69) is 5.32 Å². The van der Waals surface area contributed by atoms with Crippen LogP contribution in [0.4, 0.5) is 23.7 Å². The number of anilines is 1. The molecule has 3 rings (SSSR count). The smallest absolute Gasteiger partial charge is 0.317 e. The summed E-state index contributed by atoms with van der Waals surface area (Å²) in [5.41, 5.74) is 1.02. The second kappa shape index (κ2) is 7.68. The first-order valence-corrected chi connectivity index (χ1v) is 8.46. The average molecular weight is 363 g/mol. The van der Waals surface area contributed by atoms with Crippen molar-refractivity contribution in [1.29, 1.82) is 0 Å². The van der Waals surface area contributed by atoms with E-state index in [1.165, 1.54) is 6.07 Å². The third-order valence-electron chi connectivity index (χ3n) is 4.56. The van der Waals surface area contributed by atoms with Crippen LogP contribution >= 0.6 is 0 Å². The molecular formula is C19H20F3N3O. The summed E-state index contributed by atoms with van der Waals surface area (Å²) in [6.07, 6.45) is 0. The van der Waals surface area contributed by atoms with Crippen LogP contribution in [0.2, 0.25) is 0 Å². The molecule has 1 aliphatic heterocycles. The van der Waals surface area contributed by atoms with Crippen molar-refractivity contribution in [3.63, 3.8) is 0 Å². The molecule has 2 amide bonds. The summed E-state index contributed by atoms with van der Waals surface area (Å²) in [5.74, 6) is -3.88. The fourth-order valence-electron chi connectivity index (χ4n) is 3.01. The number of rotatable bonds is 3. The van der Waals surface area contributed by atoms with E-state index in [1.54, 1.807) is 9.80 Å². The molecule has 0 spiro atoms. The lowest BCUT2D eigenvalue weighted by molar-refractivity contribution is 0.191. The van der Waals surface area contributed by atoms with E-state index in [-0.39, 0.29) is 17.8 Å². The van der Waals surface area contributed by atoms with E-state index >= 15 is 0 Å². The Morgan fingerprint density at radius 2 is 1.62 bits per heavy atom. The molecule has 1 saturated heterocycles. The Balaban J connectivity index is 1.58. The number of nitrogens with zero attached hydrogens (tertiary/aromatic N) is 2. The molecule has 1 N–H and O–H groups in total. The molecule has 1 aliphatic rings. The molecule has 4 nitrogen and oxygen atoms in total. The van der Waals surface area contributed by atoms with Gasteiger partial charge in [0.1, 0.15) is 0 Å². The third kappa shape index (κ3) is 3.76. The van der Waals surface area contributed by atoms with Gasteiger partial charge in [0.15, 0.2) is 17.5 Å². The maximum absolute atomic E-state index is 13.9. The van der Waals surface area contributed by atoms with Crippen molar-refractivity contribution in [3.05, 3.63) is 65.5 Å². The van der Waals surface area contributed by atoms with Crippen molar-refractivity contribution in [1.82, 2.24) is 10.2 Å². The van der Waals surface area contributed by atoms with E-state index in [4.69, 9.17) is 0 Å². The van der Waals surface area contributed by atoms with Gasteiger partial charge in [0.05, 0.1) is 11.7 Å². The Hall–Kier alpha value is -2.70. The normalized spacial score (nSPS) is 15.7. The van der Waals surface area contributed by atoms with Crippen LogP contribution in [0, 0.1) is 17.5 Å². The highest BCUT2D eigenvalue weighted by Gasteiger charge is 2.25. The number of hydrogen-bond acceptors (Lipinski definition) is 2. The predicted molar refractivity (Wildman–Crippen MR) is 93.5 cm³/mol. The van der Waals surface area contributed by atoms with Crippen molar-refractivity contribution in [3.8, 4) is 0 Å². The van der Waals surface area contributed by atoms with Crippen molar-refractivity contribution < 1.29 is 18.0 Å². The molecule has 0 saturated carbocycles. The summed E-state index contributed by atoms with van der Waals surface area (Å²) in [4.78, 5) is 15.6. The van der Waals surface area contributed by atoms with Gasteiger partial charge in [0, 0.05) is 26.2 Å². The van der Waals surface area contributed by atoms with E-state index in [1.807, 2.05) is 37.3 Å². The summed E-state index contributed by atoms with van der Waals surface area (Å²) < 4.78 is 40.4. The molecule has 26 heavy (non-hydrogen) atoms. The maximum Gasteiger partial charge on any atom is 0.317 e. The minimum atomic E-state index is -1.47. The van der Waals surface area contributed by atoms with Gasteiger partial charge in [-0.15, -0.1) is 0 Å². The lowest BCUT2D eigenvalue weighted by Gasteiger charge is -2.36. The Morgan fingerprint density at radius 1 is 0.962 bits per heavy atom. The van der Waals surface area contributed by atoms with Gasteiger partial charge >= 0.3 is 6.03 Å². The van der Waals surface area contributed by atoms with Gasteiger partial charge in [-0.1, -0.05) is 30.3 Å². The Labute approximate surface area is 150 Å². The van der Waals surface area contributed by atoms with E-state index in [0.717, 1.165) is 11.6 Å². The topological polar surface area (TPSA) is 35.6 Å². The molecule has 1 fully saturated rings. The van der Waals surface area contributed by atoms with E-state index < -0.39 is 17.5 Å². The number of urea groups is 1. The summed E-state index contributed by atoms with van der Waals surface area (Å²) >= 11 is 0. The zero-order chi connectivity index (χ0) is 18.7. The number of carbonyl (C=O) groups is 1. The summed E-state index contributed by atoms with van der Waals surface area (Å²) in [6, 6.07) is 11.4. The number of nitrogens with one attached hydrogen (secondary N) is 1. The molecule has 1 unspecified atom stereocenters. The SMILES string of the molecule is CC(NC(=O)N1CCN(c2ccc(F)c(F)c2F)CC1)c1ccccc1. The van der Waals surface area contributed by atoms with Crippen molar-refractivity contribution >= 4 is 11.7 Å². The number of benzene rings is 2. The highest BCUT2D eigenvalue weighted by Crippen LogP contribution is 2.24. The molecule has 1 atom stereocenters. The number of hydrogen-bond donors (Lipinski definition) is 1. The molecule has 2 aromatic carbocycles. The highest BCUT2D eigenvalue weighted by atomic mass is 19.2.